The number of rotatable bonds is 2. The van der Waals surface area contributed by atoms with Gasteiger partial charge in [0.25, 0.3) is 5.91 Å². The van der Waals surface area contributed by atoms with Crippen LogP contribution < -0.4 is 4.90 Å². The van der Waals surface area contributed by atoms with Gasteiger partial charge >= 0.3 is 0 Å². The van der Waals surface area contributed by atoms with E-state index in [1.807, 2.05) is 0 Å². The van der Waals surface area contributed by atoms with Gasteiger partial charge in [-0.15, -0.1) is 12.6 Å². The molecular formula is C14H12FNOS. The number of hydrogen-bond donors (Lipinski definition) is 1. The van der Waals surface area contributed by atoms with Crippen molar-refractivity contribution in [2.45, 2.75) is 4.90 Å². The number of carbonyl (C=O) groups is 1. The summed E-state index contributed by atoms with van der Waals surface area (Å²) in [6, 6.07) is 12.9. The Kier molecular flexibility index (Phi) is 3.67. The molecule has 0 saturated carbocycles. The lowest BCUT2D eigenvalue weighted by Crippen LogP contribution is -2.26. The Morgan fingerprint density at radius 2 is 1.89 bits per heavy atom. The van der Waals surface area contributed by atoms with Gasteiger partial charge in [-0.1, -0.05) is 18.2 Å². The Hall–Kier alpha value is -1.81. The molecule has 2 nitrogen and oxygen atoms in total. The maximum Gasteiger partial charge on any atom is 0.259 e. The monoisotopic (exact) mass is 261 g/mol. The lowest BCUT2D eigenvalue weighted by atomic mass is 10.2. The lowest BCUT2D eigenvalue weighted by molar-refractivity contribution is 0.0990. The van der Waals surface area contributed by atoms with Gasteiger partial charge in [0.15, 0.2) is 0 Å². The quantitative estimate of drug-likeness (QED) is 0.822. The summed E-state index contributed by atoms with van der Waals surface area (Å²) in [7, 11) is 1.61. The first-order valence-corrected chi connectivity index (χ1v) is 5.86. The molecule has 0 atom stereocenters. The van der Waals surface area contributed by atoms with E-state index in [0.29, 0.717) is 16.1 Å². The molecule has 92 valence electrons. The van der Waals surface area contributed by atoms with Crippen LogP contribution in [0.5, 0.6) is 0 Å². The van der Waals surface area contributed by atoms with Gasteiger partial charge in [0.1, 0.15) is 5.82 Å². The van der Waals surface area contributed by atoms with E-state index in [2.05, 4.69) is 12.6 Å². The van der Waals surface area contributed by atoms with Gasteiger partial charge < -0.3 is 4.90 Å². The zero-order valence-electron chi connectivity index (χ0n) is 9.80. The van der Waals surface area contributed by atoms with E-state index < -0.39 is 0 Å². The highest BCUT2D eigenvalue weighted by Crippen LogP contribution is 2.20. The van der Waals surface area contributed by atoms with E-state index in [9.17, 15) is 9.18 Å². The van der Waals surface area contributed by atoms with Crippen LogP contribution >= 0.6 is 12.6 Å². The summed E-state index contributed by atoms with van der Waals surface area (Å²) in [6.45, 7) is 0. The summed E-state index contributed by atoms with van der Waals surface area (Å²) < 4.78 is 13.1. The second-order valence-corrected chi connectivity index (χ2v) is 4.34. The molecule has 0 saturated heterocycles. The summed E-state index contributed by atoms with van der Waals surface area (Å²) in [5.41, 5.74) is 1.00. The number of benzene rings is 2. The van der Waals surface area contributed by atoms with Crippen LogP contribution in [0.15, 0.2) is 53.4 Å². The van der Waals surface area contributed by atoms with Crippen molar-refractivity contribution in [1.29, 1.82) is 0 Å². The number of carbonyl (C=O) groups excluding carboxylic acids is 1. The highest BCUT2D eigenvalue weighted by atomic mass is 32.1. The fraction of sp³-hybridized carbons (Fsp3) is 0.0714. The Morgan fingerprint density at radius 1 is 1.17 bits per heavy atom. The number of amides is 1. The molecule has 2 rings (SSSR count). The number of hydrogen-bond acceptors (Lipinski definition) is 2. The highest BCUT2D eigenvalue weighted by Gasteiger charge is 2.15. The third kappa shape index (κ3) is 2.54. The molecule has 0 N–H and O–H groups in total. The Morgan fingerprint density at radius 3 is 2.56 bits per heavy atom. The summed E-state index contributed by atoms with van der Waals surface area (Å²) >= 11 is 4.24. The van der Waals surface area contributed by atoms with Crippen molar-refractivity contribution in [3.05, 3.63) is 59.9 Å². The molecule has 0 aliphatic heterocycles. The SMILES string of the molecule is CN(C(=O)c1ccccc1S)c1cccc(F)c1. The lowest BCUT2D eigenvalue weighted by Gasteiger charge is -2.18. The van der Waals surface area contributed by atoms with Crippen molar-refractivity contribution in [3.63, 3.8) is 0 Å². The number of nitrogens with zero attached hydrogens (tertiary/aromatic N) is 1. The standard InChI is InChI=1S/C14H12FNOS/c1-16(11-6-4-5-10(15)9-11)14(17)12-7-2-3-8-13(12)18/h2-9,18H,1H3. The third-order valence-electron chi connectivity index (χ3n) is 2.63. The zero-order valence-corrected chi connectivity index (χ0v) is 10.7. The molecule has 18 heavy (non-hydrogen) atoms. The van der Waals surface area contributed by atoms with Gasteiger partial charge in [0.2, 0.25) is 0 Å². The highest BCUT2D eigenvalue weighted by molar-refractivity contribution is 7.80. The van der Waals surface area contributed by atoms with Crippen LogP contribution in [-0.4, -0.2) is 13.0 Å². The third-order valence-corrected chi connectivity index (χ3v) is 3.02. The van der Waals surface area contributed by atoms with Crippen molar-refractivity contribution in [3.8, 4) is 0 Å². The van der Waals surface area contributed by atoms with Crippen molar-refractivity contribution in [2.75, 3.05) is 11.9 Å². The Balaban J connectivity index is 2.32. The van der Waals surface area contributed by atoms with Crippen LogP contribution in [0, 0.1) is 5.82 Å². The van der Waals surface area contributed by atoms with Gasteiger partial charge in [-0.3, -0.25) is 4.79 Å². The fourth-order valence-electron chi connectivity index (χ4n) is 1.64. The van der Waals surface area contributed by atoms with Crippen molar-refractivity contribution in [1.82, 2.24) is 0 Å². The number of thiol groups is 1. The first kappa shape index (κ1) is 12.6. The van der Waals surface area contributed by atoms with E-state index in [1.165, 1.54) is 17.0 Å². The summed E-state index contributed by atoms with van der Waals surface area (Å²) in [6.07, 6.45) is 0. The van der Waals surface area contributed by atoms with E-state index in [0.717, 1.165) is 0 Å². The molecule has 0 fully saturated rings. The smallest absolute Gasteiger partial charge is 0.259 e. The summed E-state index contributed by atoms with van der Waals surface area (Å²) in [4.78, 5) is 14.2. The molecule has 4 heteroatoms. The van der Waals surface area contributed by atoms with Crippen LogP contribution in [0.1, 0.15) is 10.4 Å². The van der Waals surface area contributed by atoms with Crippen LogP contribution in [0.25, 0.3) is 0 Å². The maximum atomic E-state index is 13.1. The summed E-state index contributed by atoms with van der Waals surface area (Å²) in [5, 5.41) is 0. The average molecular weight is 261 g/mol. The van der Waals surface area contributed by atoms with Crippen molar-refractivity contribution >= 4 is 24.2 Å². The Bertz CT molecular complexity index is 586. The van der Waals surface area contributed by atoms with Crippen LogP contribution in [-0.2, 0) is 0 Å². The predicted molar refractivity (Wildman–Crippen MR) is 72.8 cm³/mol. The molecule has 0 aliphatic carbocycles. The van der Waals surface area contributed by atoms with E-state index in [1.54, 1.807) is 43.4 Å². The largest absolute Gasteiger partial charge is 0.311 e. The van der Waals surface area contributed by atoms with Gasteiger partial charge in [0.05, 0.1) is 5.56 Å². The van der Waals surface area contributed by atoms with E-state index >= 15 is 0 Å². The molecule has 0 bridgehead atoms. The van der Waals surface area contributed by atoms with Crippen molar-refractivity contribution < 1.29 is 9.18 Å². The first-order valence-electron chi connectivity index (χ1n) is 5.41. The normalized spacial score (nSPS) is 10.2. The van der Waals surface area contributed by atoms with Crippen molar-refractivity contribution in [2.24, 2.45) is 0 Å². The Labute approximate surface area is 110 Å². The van der Waals surface area contributed by atoms with Gasteiger partial charge in [-0.2, -0.15) is 0 Å². The molecule has 0 spiro atoms. The molecule has 0 aromatic heterocycles. The van der Waals surface area contributed by atoms with Crippen LogP contribution in [0.3, 0.4) is 0 Å². The maximum absolute atomic E-state index is 13.1. The second-order valence-electron chi connectivity index (χ2n) is 3.86. The number of halogens is 1. The molecule has 0 unspecified atom stereocenters. The molecular weight excluding hydrogens is 249 g/mol. The zero-order chi connectivity index (χ0) is 13.1. The molecule has 2 aromatic rings. The molecule has 0 heterocycles. The molecule has 2 aromatic carbocycles. The molecule has 0 radical (unpaired) electrons. The van der Waals surface area contributed by atoms with Gasteiger partial charge in [0, 0.05) is 17.6 Å². The molecule has 1 amide bonds. The minimum absolute atomic E-state index is 0.216. The minimum Gasteiger partial charge on any atom is -0.311 e. The van der Waals surface area contributed by atoms with Crippen LogP contribution in [0.4, 0.5) is 10.1 Å². The fourth-order valence-corrected chi connectivity index (χ4v) is 1.89. The van der Waals surface area contributed by atoms with E-state index in [4.69, 9.17) is 0 Å². The number of anilines is 1. The van der Waals surface area contributed by atoms with Gasteiger partial charge in [-0.05, 0) is 30.3 Å². The second kappa shape index (κ2) is 5.23. The molecule has 0 aliphatic rings. The topological polar surface area (TPSA) is 20.3 Å². The van der Waals surface area contributed by atoms with Gasteiger partial charge in [-0.25, -0.2) is 4.39 Å². The average Bonchev–Trinajstić information content (AvgIpc) is 2.37. The van der Waals surface area contributed by atoms with E-state index in [-0.39, 0.29) is 11.7 Å². The first-order chi connectivity index (χ1) is 8.59. The summed E-state index contributed by atoms with van der Waals surface area (Å²) in [5.74, 6) is -0.586. The minimum atomic E-state index is -0.369. The predicted octanol–water partition coefficient (Wildman–Crippen LogP) is 3.39. The van der Waals surface area contributed by atoms with Crippen LogP contribution in [0.2, 0.25) is 0 Å².